The Labute approximate surface area is 127 Å². The Morgan fingerprint density at radius 2 is 1.90 bits per heavy atom. The molecule has 0 spiro atoms. The van der Waals surface area contributed by atoms with Crippen LogP contribution in [0.1, 0.15) is 43.6 Å². The van der Waals surface area contributed by atoms with Crippen molar-refractivity contribution in [1.29, 1.82) is 0 Å². The minimum atomic E-state index is -0.482. The second-order valence-corrected chi connectivity index (χ2v) is 6.37. The van der Waals surface area contributed by atoms with Gasteiger partial charge in [0.05, 0.1) is 5.02 Å². The van der Waals surface area contributed by atoms with Gasteiger partial charge in [0.2, 0.25) is 11.8 Å². The molecule has 112 valence electrons. The molecule has 2 aliphatic rings. The third-order valence-corrected chi connectivity index (χ3v) is 4.97. The summed E-state index contributed by atoms with van der Waals surface area (Å²) in [5.74, 6) is -1.06. The molecule has 2 amide bonds. The summed E-state index contributed by atoms with van der Waals surface area (Å²) in [6.07, 6.45) is 4.53. The highest BCUT2D eigenvalue weighted by Gasteiger charge is 2.42. The second kappa shape index (κ2) is 5.76. The van der Waals surface area contributed by atoms with E-state index in [4.69, 9.17) is 11.6 Å². The van der Waals surface area contributed by atoms with E-state index in [2.05, 4.69) is 5.32 Å². The van der Waals surface area contributed by atoms with Crippen molar-refractivity contribution in [3.05, 3.63) is 34.6 Å². The molecular formula is C16H17ClFNO2. The Morgan fingerprint density at radius 3 is 2.57 bits per heavy atom. The first-order chi connectivity index (χ1) is 10.1. The molecule has 21 heavy (non-hydrogen) atoms. The van der Waals surface area contributed by atoms with Crippen LogP contribution in [-0.4, -0.2) is 11.8 Å². The highest BCUT2D eigenvalue weighted by molar-refractivity contribution is 6.30. The van der Waals surface area contributed by atoms with E-state index in [9.17, 15) is 14.0 Å². The van der Waals surface area contributed by atoms with Crippen LogP contribution in [0.2, 0.25) is 5.02 Å². The Balaban J connectivity index is 1.95. The van der Waals surface area contributed by atoms with Gasteiger partial charge < -0.3 is 0 Å². The summed E-state index contributed by atoms with van der Waals surface area (Å²) in [5.41, 5.74) is 0.779. The van der Waals surface area contributed by atoms with E-state index in [0.717, 1.165) is 31.2 Å². The fraction of sp³-hybridized carbons (Fsp3) is 0.500. The molecule has 1 N–H and O–H groups in total. The lowest BCUT2D eigenvalue weighted by Crippen LogP contribution is -2.47. The smallest absolute Gasteiger partial charge is 0.230 e. The summed E-state index contributed by atoms with van der Waals surface area (Å²) in [6.45, 7) is 0. The fourth-order valence-electron chi connectivity index (χ4n) is 3.71. The largest absolute Gasteiger partial charge is 0.296 e. The fourth-order valence-corrected chi connectivity index (χ4v) is 3.90. The van der Waals surface area contributed by atoms with Crippen LogP contribution >= 0.6 is 11.6 Å². The van der Waals surface area contributed by atoms with Crippen molar-refractivity contribution in [3.63, 3.8) is 0 Å². The van der Waals surface area contributed by atoms with Crippen LogP contribution in [0.25, 0.3) is 0 Å². The minimum absolute atomic E-state index is 0.0381. The van der Waals surface area contributed by atoms with Gasteiger partial charge in [-0.2, -0.15) is 0 Å². The van der Waals surface area contributed by atoms with E-state index in [1.54, 1.807) is 12.1 Å². The van der Waals surface area contributed by atoms with Crippen LogP contribution in [0.15, 0.2) is 18.2 Å². The molecule has 1 aliphatic heterocycles. The maximum atomic E-state index is 13.3. The summed E-state index contributed by atoms with van der Waals surface area (Å²) >= 11 is 5.85. The quantitative estimate of drug-likeness (QED) is 0.851. The van der Waals surface area contributed by atoms with Crippen LogP contribution in [0.5, 0.6) is 0 Å². The zero-order chi connectivity index (χ0) is 15.0. The molecule has 1 saturated heterocycles. The van der Waals surface area contributed by atoms with E-state index >= 15 is 0 Å². The first-order valence-corrected chi connectivity index (χ1v) is 7.72. The average molecular weight is 310 g/mol. The zero-order valence-corrected chi connectivity index (χ0v) is 12.3. The lowest BCUT2D eigenvalue weighted by Gasteiger charge is -2.34. The molecule has 1 aromatic carbocycles. The molecule has 1 saturated carbocycles. The predicted octanol–water partition coefficient (Wildman–Crippen LogP) is 3.42. The van der Waals surface area contributed by atoms with Crippen LogP contribution in [0, 0.1) is 17.7 Å². The van der Waals surface area contributed by atoms with E-state index < -0.39 is 5.82 Å². The summed E-state index contributed by atoms with van der Waals surface area (Å²) in [7, 11) is 0. The molecule has 3 nitrogen and oxygen atoms in total. The number of amides is 2. The lowest BCUT2D eigenvalue weighted by molar-refractivity contribution is -0.138. The van der Waals surface area contributed by atoms with Gasteiger partial charge in [-0.15, -0.1) is 0 Å². The summed E-state index contributed by atoms with van der Waals surface area (Å²) in [6, 6.07) is 4.50. The maximum absolute atomic E-state index is 13.3. The lowest BCUT2D eigenvalue weighted by atomic mass is 9.73. The number of piperidine rings is 1. The molecule has 0 aromatic heterocycles. The molecule has 0 bridgehead atoms. The Morgan fingerprint density at radius 1 is 1.19 bits per heavy atom. The number of halogens is 2. The first-order valence-electron chi connectivity index (χ1n) is 7.35. The summed E-state index contributed by atoms with van der Waals surface area (Å²) in [5, 5.41) is 2.49. The number of hydrogen-bond donors (Lipinski definition) is 1. The average Bonchev–Trinajstić information content (AvgIpc) is 2.94. The molecule has 3 rings (SSSR count). The van der Waals surface area contributed by atoms with Gasteiger partial charge >= 0.3 is 0 Å². The molecule has 2 fully saturated rings. The standard InChI is InChI=1S/C16H17ClFNO2/c17-12-7-10(5-6-13(12)18)11-8-14(20)19-16(21)15(11)9-3-1-2-4-9/h5-7,9,11,15H,1-4,8H2,(H,19,20,21). The second-order valence-electron chi connectivity index (χ2n) is 5.97. The van der Waals surface area contributed by atoms with Crippen molar-refractivity contribution in [2.24, 2.45) is 11.8 Å². The SMILES string of the molecule is O=C1CC(c2ccc(F)c(Cl)c2)C(C2CCCC2)C(=O)N1. The van der Waals surface area contributed by atoms with Crippen LogP contribution in [0.4, 0.5) is 4.39 Å². The van der Waals surface area contributed by atoms with Crippen LogP contribution < -0.4 is 5.32 Å². The van der Waals surface area contributed by atoms with Gasteiger partial charge in [-0.1, -0.05) is 30.5 Å². The third-order valence-electron chi connectivity index (χ3n) is 4.68. The Hall–Kier alpha value is -1.42. The minimum Gasteiger partial charge on any atom is -0.296 e. The third kappa shape index (κ3) is 2.82. The summed E-state index contributed by atoms with van der Waals surface area (Å²) < 4.78 is 13.3. The van der Waals surface area contributed by atoms with Gasteiger partial charge in [0.15, 0.2) is 0 Å². The normalized spacial score (nSPS) is 27.0. The van der Waals surface area contributed by atoms with Gasteiger partial charge in [0.1, 0.15) is 5.82 Å². The molecule has 2 atom stereocenters. The van der Waals surface area contributed by atoms with Gasteiger partial charge in [0, 0.05) is 18.3 Å². The number of nitrogens with one attached hydrogen (secondary N) is 1. The zero-order valence-electron chi connectivity index (χ0n) is 11.6. The van der Waals surface area contributed by atoms with E-state index in [-0.39, 0.29) is 35.1 Å². The molecular weight excluding hydrogens is 293 g/mol. The van der Waals surface area contributed by atoms with Crippen molar-refractivity contribution in [2.75, 3.05) is 0 Å². The highest BCUT2D eigenvalue weighted by atomic mass is 35.5. The topological polar surface area (TPSA) is 46.2 Å². The van der Waals surface area contributed by atoms with Crippen molar-refractivity contribution in [1.82, 2.24) is 5.32 Å². The van der Waals surface area contributed by atoms with E-state index in [1.165, 1.54) is 6.07 Å². The van der Waals surface area contributed by atoms with Crippen molar-refractivity contribution >= 4 is 23.4 Å². The Bertz CT molecular complexity index is 584. The maximum Gasteiger partial charge on any atom is 0.230 e. The monoisotopic (exact) mass is 309 g/mol. The van der Waals surface area contributed by atoms with Gasteiger partial charge in [-0.25, -0.2) is 4.39 Å². The first kappa shape index (κ1) is 14.5. The van der Waals surface area contributed by atoms with Crippen molar-refractivity contribution < 1.29 is 14.0 Å². The molecule has 1 heterocycles. The Kier molecular flexibility index (Phi) is 3.98. The number of hydrogen-bond acceptors (Lipinski definition) is 2. The molecule has 5 heteroatoms. The molecule has 1 aliphatic carbocycles. The van der Waals surface area contributed by atoms with Gasteiger partial charge in [-0.05, 0) is 36.5 Å². The predicted molar refractivity (Wildman–Crippen MR) is 77.4 cm³/mol. The number of carbonyl (C=O) groups is 2. The molecule has 0 radical (unpaired) electrons. The molecule has 1 aromatic rings. The highest BCUT2D eigenvalue weighted by Crippen LogP contribution is 2.43. The number of carbonyl (C=O) groups excluding carboxylic acids is 2. The van der Waals surface area contributed by atoms with Crippen molar-refractivity contribution in [2.45, 2.75) is 38.0 Å². The number of rotatable bonds is 2. The van der Waals surface area contributed by atoms with Crippen molar-refractivity contribution in [3.8, 4) is 0 Å². The van der Waals surface area contributed by atoms with E-state index in [1.807, 2.05) is 0 Å². The number of benzene rings is 1. The van der Waals surface area contributed by atoms with Crippen LogP contribution in [-0.2, 0) is 9.59 Å². The molecule has 2 unspecified atom stereocenters. The van der Waals surface area contributed by atoms with E-state index in [0.29, 0.717) is 5.92 Å². The van der Waals surface area contributed by atoms with Gasteiger partial charge in [-0.3, -0.25) is 14.9 Å². The number of imide groups is 1. The summed E-state index contributed by atoms with van der Waals surface area (Å²) in [4.78, 5) is 24.0. The van der Waals surface area contributed by atoms with Crippen LogP contribution in [0.3, 0.4) is 0 Å². The van der Waals surface area contributed by atoms with Gasteiger partial charge in [0.25, 0.3) is 0 Å².